The molecule has 144 valence electrons. The molecular weight excluding hydrogens is 340 g/mol. The van der Waals surface area contributed by atoms with Crippen molar-refractivity contribution in [3.63, 3.8) is 0 Å². The Morgan fingerprint density at radius 3 is 2.36 bits per heavy atom. The summed E-state index contributed by atoms with van der Waals surface area (Å²) in [4.78, 5) is 13.1. The van der Waals surface area contributed by atoms with Gasteiger partial charge in [0.1, 0.15) is 0 Å². The maximum absolute atomic E-state index is 13.1. The molecule has 2 atom stereocenters. The molecular formula is C18H32N2O4S. The molecule has 7 heteroatoms. The van der Waals surface area contributed by atoms with E-state index in [4.69, 9.17) is 4.74 Å². The number of nitrogens with one attached hydrogen (secondary N) is 2. The molecule has 1 amide bonds. The molecule has 3 rings (SSSR count). The fraction of sp³-hybridized carbons (Fsp3) is 0.944. The van der Waals surface area contributed by atoms with Gasteiger partial charge in [0.2, 0.25) is 5.91 Å². The number of carbonyl (C=O) groups excluding carboxylic acids is 1. The van der Waals surface area contributed by atoms with Gasteiger partial charge in [-0.25, -0.2) is 8.42 Å². The highest BCUT2D eigenvalue weighted by Crippen LogP contribution is 2.53. The summed E-state index contributed by atoms with van der Waals surface area (Å²) < 4.78 is 29.6. The summed E-state index contributed by atoms with van der Waals surface area (Å²) in [7, 11) is -3.47. The van der Waals surface area contributed by atoms with Gasteiger partial charge in [-0.2, -0.15) is 0 Å². The van der Waals surface area contributed by atoms with E-state index in [0.717, 1.165) is 32.1 Å². The van der Waals surface area contributed by atoms with E-state index < -0.39 is 14.6 Å². The largest absolute Gasteiger partial charge is 0.378 e. The Balaban J connectivity index is 1.77. The Kier molecular flexibility index (Phi) is 5.47. The molecule has 3 aliphatic rings. The van der Waals surface area contributed by atoms with Gasteiger partial charge < -0.3 is 15.4 Å². The lowest BCUT2D eigenvalue weighted by molar-refractivity contribution is -0.158. The van der Waals surface area contributed by atoms with Crippen molar-refractivity contribution >= 4 is 15.7 Å². The molecule has 0 aromatic rings. The van der Waals surface area contributed by atoms with Crippen molar-refractivity contribution in [2.75, 3.05) is 26.0 Å². The number of carbonyl (C=O) groups is 1. The topological polar surface area (TPSA) is 84.5 Å². The van der Waals surface area contributed by atoms with Crippen LogP contribution in [0.4, 0.5) is 0 Å². The fourth-order valence-corrected chi connectivity index (χ4v) is 6.49. The van der Waals surface area contributed by atoms with Crippen LogP contribution in [0.3, 0.4) is 0 Å². The fourth-order valence-electron chi connectivity index (χ4n) is 5.15. The molecule has 2 unspecified atom stereocenters. The van der Waals surface area contributed by atoms with Crippen LogP contribution in [0.15, 0.2) is 0 Å². The molecule has 0 aromatic heterocycles. The van der Waals surface area contributed by atoms with Gasteiger partial charge in [-0.15, -0.1) is 0 Å². The van der Waals surface area contributed by atoms with Crippen molar-refractivity contribution in [2.45, 2.75) is 75.2 Å². The zero-order valence-corrected chi connectivity index (χ0v) is 16.3. The number of hydrogen-bond donors (Lipinski definition) is 2. The van der Waals surface area contributed by atoms with E-state index in [2.05, 4.69) is 10.6 Å². The second-order valence-electron chi connectivity index (χ2n) is 8.02. The number of rotatable bonds is 5. The second kappa shape index (κ2) is 7.16. The maximum Gasteiger partial charge on any atom is 0.241 e. The van der Waals surface area contributed by atoms with E-state index in [1.165, 1.54) is 12.7 Å². The third-order valence-corrected chi connectivity index (χ3v) is 8.79. The molecule has 1 saturated heterocycles. The number of ether oxygens (including phenoxy) is 1. The van der Waals surface area contributed by atoms with E-state index in [0.29, 0.717) is 32.5 Å². The van der Waals surface area contributed by atoms with E-state index >= 15 is 0 Å². The van der Waals surface area contributed by atoms with Gasteiger partial charge >= 0.3 is 0 Å². The quantitative estimate of drug-likeness (QED) is 0.762. The van der Waals surface area contributed by atoms with Crippen LogP contribution >= 0.6 is 0 Å². The number of sulfone groups is 1. The van der Waals surface area contributed by atoms with Crippen molar-refractivity contribution in [1.82, 2.24) is 10.6 Å². The highest BCUT2D eigenvalue weighted by Gasteiger charge is 2.58. The lowest BCUT2D eigenvalue weighted by Gasteiger charge is -2.58. The molecule has 0 bridgehead atoms. The van der Waals surface area contributed by atoms with Gasteiger partial charge in [-0.1, -0.05) is 19.3 Å². The van der Waals surface area contributed by atoms with Crippen LogP contribution in [0.1, 0.15) is 58.3 Å². The Morgan fingerprint density at radius 1 is 1.16 bits per heavy atom. The van der Waals surface area contributed by atoms with Crippen LogP contribution in [0.25, 0.3) is 0 Å². The summed E-state index contributed by atoms with van der Waals surface area (Å²) in [6.07, 6.45) is 8.61. The summed E-state index contributed by atoms with van der Waals surface area (Å²) in [6.45, 7) is 3.83. The summed E-state index contributed by atoms with van der Waals surface area (Å²) in [5.41, 5.74) is 0.00945. The first-order valence-corrected chi connectivity index (χ1v) is 11.6. The minimum absolute atomic E-state index is 0.00945. The minimum atomic E-state index is -3.47. The highest BCUT2D eigenvalue weighted by molar-refractivity contribution is 7.92. The van der Waals surface area contributed by atoms with Crippen LogP contribution < -0.4 is 10.6 Å². The van der Waals surface area contributed by atoms with Gasteiger partial charge in [0.15, 0.2) is 14.6 Å². The smallest absolute Gasteiger partial charge is 0.241 e. The SMILES string of the molecule is CCOC1CC(NC(=O)C2(S(C)(=O)=O)CCNCC2)C12CCCCC2. The third kappa shape index (κ3) is 3.23. The first kappa shape index (κ1) is 19.1. The average Bonchev–Trinajstić information content (AvgIpc) is 2.61. The summed E-state index contributed by atoms with van der Waals surface area (Å²) in [6, 6.07) is 0.0466. The summed E-state index contributed by atoms with van der Waals surface area (Å²) >= 11 is 0. The van der Waals surface area contributed by atoms with Gasteiger partial charge in [0.05, 0.1) is 6.10 Å². The summed E-state index contributed by atoms with van der Waals surface area (Å²) in [5, 5.41) is 6.32. The molecule has 2 aliphatic carbocycles. The van der Waals surface area contributed by atoms with Crippen LogP contribution in [-0.2, 0) is 19.4 Å². The van der Waals surface area contributed by atoms with Crippen LogP contribution in [0, 0.1) is 5.41 Å². The summed E-state index contributed by atoms with van der Waals surface area (Å²) in [5.74, 6) is -0.290. The lowest BCUT2D eigenvalue weighted by atomic mass is 9.55. The van der Waals surface area contributed by atoms with Crippen molar-refractivity contribution in [3.8, 4) is 0 Å². The number of hydrogen-bond acceptors (Lipinski definition) is 5. The Labute approximate surface area is 151 Å². The first-order chi connectivity index (χ1) is 11.9. The predicted molar refractivity (Wildman–Crippen MR) is 97.2 cm³/mol. The van der Waals surface area contributed by atoms with Crippen molar-refractivity contribution in [2.24, 2.45) is 5.41 Å². The van der Waals surface area contributed by atoms with E-state index in [-0.39, 0.29) is 23.5 Å². The minimum Gasteiger partial charge on any atom is -0.378 e. The normalized spacial score (nSPS) is 31.3. The molecule has 25 heavy (non-hydrogen) atoms. The molecule has 2 N–H and O–H groups in total. The number of amides is 1. The zero-order valence-electron chi connectivity index (χ0n) is 15.5. The molecule has 0 aromatic carbocycles. The third-order valence-electron chi connectivity index (χ3n) is 6.78. The first-order valence-electron chi connectivity index (χ1n) is 9.69. The molecule has 2 saturated carbocycles. The van der Waals surface area contributed by atoms with Crippen molar-refractivity contribution in [3.05, 3.63) is 0 Å². The molecule has 0 radical (unpaired) electrons. The highest BCUT2D eigenvalue weighted by atomic mass is 32.2. The van der Waals surface area contributed by atoms with E-state index in [1.54, 1.807) is 0 Å². The Hall–Kier alpha value is -0.660. The standard InChI is InChI=1S/C18H32N2O4S/c1-3-24-15-13-14(17(15)7-5-4-6-8-17)20-16(21)18(25(2,22)23)9-11-19-12-10-18/h14-15,19H,3-13H2,1-2H3,(H,20,21). The van der Waals surface area contributed by atoms with Gasteiger partial charge in [0.25, 0.3) is 0 Å². The van der Waals surface area contributed by atoms with Gasteiger partial charge in [0, 0.05) is 24.3 Å². The van der Waals surface area contributed by atoms with E-state index in [1.807, 2.05) is 6.92 Å². The zero-order chi connectivity index (χ0) is 18.1. The lowest BCUT2D eigenvalue weighted by Crippen LogP contribution is -2.68. The van der Waals surface area contributed by atoms with Crippen molar-refractivity contribution < 1.29 is 17.9 Å². The Morgan fingerprint density at radius 2 is 1.80 bits per heavy atom. The van der Waals surface area contributed by atoms with Gasteiger partial charge in [-0.3, -0.25) is 4.79 Å². The average molecular weight is 373 g/mol. The maximum atomic E-state index is 13.1. The molecule has 1 aliphatic heterocycles. The van der Waals surface area contributed by atoms with Crippen LogP contribution in [-0.4, -0.2) is 57.2 Å². The van der Waals surface area contributed by atoms with E-state index in [9.17, 15) is 13.2 Å². The molecule has 6 nitrogen and oxygen atoms in total. The molecule has 1 spiro atoms. The Bertz CT molecular complexity index is 592. The monoisotopic (exact) mass is 372 g/mol. The van der Waals surface area contributed by atoms with Crippen LogP contribution in [0.2, 0.25) is 0 Å². The second-order valence-corrected chi connectivity index (χ2v) is 10.3. The number of piperidine rings is 1. The van der Waals surface area contributed by atoms with Gasteiger partial charge in [-0.05, 0) is 52.1 Å². The van der Waals surface area contributed by atoms with Crippen LogP contribution in [0.5, 0.6) is 0 Å². The van der Waals surface area contributed by atoms with Crippen molar-refractivity contribution in [1.29, 1.82) is 0 Å². The molecule has 1 heterocycles. The molecule has 3 fully saturated rings. The predicted octanol–water partition coefficient (Wildman–Crippen LogP) is 1.40.